The molecule has 0 radical (unpaired) electrons. The number of aryl methyl sites for hydroxylation is 2. The van der Waals surface area contributed by atoms with Crippen LogP contribution >= 0.6 is 0 Å². The summed E-state index contributed by atoms with van der Waals surface area (Å²) in [5, 5.41) is 8.26. The van der Waals surface area contributed by atoms with Crippen LogP contribution in [-0.4, -0.2) is 15.0 Å². The van der Waals surface area contributed by atoms with E-state index in [1.54, 1.807) is 13.2 Å². The average molecular weight is 188 g/mol. The summed E-state index contributed by atoms with van der Waals surface area (Å²) < 4.78 is 0. The number of aromatic nitrogens is 3. The zero-order valence-corrected chi connectivity index (χ0v) is 8.23. The van der Waals surface area contributed by atoms with E-state index >= 15 is 0 Å². The zero-order valence-electron chi connectivity index (χ0n) is 8.23. The van der Waals surface area contributed by atoms with Gasteiger partial charge in [0.25, 0.3) is 0 Å². The van der Waals surface area contributed by atoms with Crippen molar-refractivity contribution in [2.24, 2.45) is 7.05 Å². The van der Waals surface area contributed by atoms with E-state index in [2.05, 4.69) is 10.2 Å². The first-order chi connectivity index (χ1) is 6.66. The molecule has 0 fully saturated rings. The van der Waals surface area contributed by atoms with Crippen LogP contribution in [0, 0.1) is 6.92 Å². The lowest BCUT2D eigenvalue weighted by Gasteiger charge is -2.02. The second-order valence-corrected chi connectivity index (χ2v) is 3.29. The monoisotopic (exact) mass is 188 g/mol. The van der Waals surface area contributed by atoms with Gasteiger partial charge in [0.1, 0.15) is 5.69 Å². The molecule has 2 N–H and O–H groups in total. The minimum absolute atomic E-state index is 0.747. The Morgan fingerprint density at radius 2 is 2.14 bits per heavy atom. The standard InChI is InChI=1S/C10H12N4/c1-7-3-4-8(11)5-9(7)10-6-12-14(2)13-10/h3-6H,11H2,1-2H3. The van der Waals surface area contributed by atoms with E-state index in [-0.39, 0.29) is 0 Å². The summed E-state index contributed by atoms with van der Waals surface area (Å²) in [6.45, 7) is 2.03. The summed E-state index contributed by atoms with van der Waals surface area (Å²) in [4.78, 5) is 1.54. The van der Waals surface area contributed by atoms with Crippen molar-refractivity contribution >= 4 is 5.69 Å². The predicted octanol–water partition coefficient (Wildman–Crippen LogP) is 1.37. The third-order valence-electron chi connectivity index (χ3n) is 2.14. The van der Waals surface area contributed by atoms with Crippen molar-refractivity contribution in [1.29, 1.82) is 0 Å². The fraction of sp³-hybridized carbons (Fsp3) is 0.200. The highest BCUT2D eigenvalue weighted by Gasteiger charge is 2.05. The number of nitrogens with zero attached hydrogens (tertiary/aromatic N) is 3. The molecule has 1 aromatic heterocycles. The van der Waals surface area contributed by atoms with Gasteiger partial charge < -0.3 is 5.73 Å². The molecule has 2 rings (SSSR count). The normalized spacial score (nSPS) is 10.4. The Kier molecular flexibility index (Phi) is 1.96. The minimum Gasteiger partial charge on any atom is -0.399 e. The van der Waals surface area contributed by atoms with Gasteiger partial charge in [-0.1, -0.05) is 6.07 Å². The van der Waals surface area contributed by atoms with Gasteiger partial charge in [0.05, 0.1) is 6.20 Å². The Hall–Kier alpha value is -1.84. The summed E-state index contributed by atoms with van der Waals surface area (Å²) in [7, 11) is 1.80. The Morgan fingerprint density at radius 3 is 2.79 bits per heavy atom. The van der Waals surface area contributed by atoms with Gasteiger partial charge in [-0.2, -0.15) is 15.0 Å². The van der Waals surface area contributed by atoms with Crippen LogP contribution in [0.15, 0.2) is 24.4 Å². The molecule has 0 aliphatic carbocycles. The fourth-order valence-corrected chi connectivity index (χ4v) is 1.38. The molecule has 0 aliphatic heterocycles. The van der Waals surface area contributed by atoms with E-state index in [9.17, 15) is 0 Å². The minimum atomic E-state index is 0.747. The van der Waals surface area contributed by atoms with E-state index < -0.39 is 0 Å². The molecule has 0 amide bonds. The molecule has 0 saturated carbocycles. The van der Waals surface area contributed by atoms with Crippen molar-refractivity contribution in [3.05, 3.63) is 30.0 Å². The van der Waals surface area contributed by atoms with Crippen molar-refractivity contribution < 1.29 is 0 Å². The number of nitrogen functional groups attached to an aromatic ring is 1. The third kappa shape index (κ3) is 1.46. The first-order valence-corrected chi connectivity index (χ1v) is 4.39. The lowest BCUT2D eigenvalue weighted by atomic mass is 10.1. The van der Waals surface area contributed by atoms with Crippen molar-refractivity contribution in [1.82, 2.24) is 15.0 Å². The number of hydrogen-bond acceptors (Lipinski definition) is 3. The van der Waals surface area contributed by atoms with Crippen LogP contribution in [0.5, 0.6) is 0 Å². The lowest BCUT2D eigenvalue weighted by molar-refractivity contribution is 0.655. The van der Waals surface area contributed by atoms with Crippen LogP contribution in [0.4, 0.5) is 5.69 Å². The van der Waals surface area contributed by atoms with Crippen LogP contribution in [0.3, 0.4) is 0 Å². The van der Waals surface area contributed by atoms with Crippen LogP contribution < -0.4 is 5.73 Å². The lowest BCUT2D eigenvalue weighted by Crippen LogP contribution is -1.93. The Bertz CT molecular complexity index is 459. The number of benzene rings is 1. The molecule has 0 aliphatic rings. The number of nitrogens with two attached hydrogens (primary N) is 1. The number of anilines is 1. The molecule has 0 atom stereocenters. The molecule has 0 spiro atoms. The molecule has 1 heterocycles. The van der Waals surface area contributed by atoms with E-state index in [0.717, 1.165) is 22.5 Å². The summed E-state index contributed by atoms with van der Waals surface area (Å²) >= 11 is 0. The van der Waals surface area contributed by atoms with Gasteiger partial charge in [0.2, 0.25) is 0 Å². The fourth-order valence-electron chi connectivity index (χ4n) is 1.38. The van der Waals surface area contributed by atoms with Crippen LogP contribution in [0.25, 0.3) is 11.3 Å². The molecule has 0 unspecified atom stereocenters. The smallest absolute Gasteiger partial charge is 0.113 e. The van der Waals surface area contributed by atoms with Gasteiger partial charge in [-0.3, -0.25) is 0 Å². The summed E-state index contributed by atoms with van der Waals surface area (Å²) in [5.74, 6) is 0. The topological polar surface area (TPSA) is 56.7 Å². The molecule has 14 heavy (non-hydrogen) atoms. The largest absolute Gasteiger partial charge is 0.399 e. The predicted molar refractivity (Wildman–Crippen MR) is 55.6 cm³/mol. The molecule has 0 saturated heterocycles. The maximum atomic E-state index is 5.72. The Balaban J connectivity index is 2.55. The van der Waals surface area contributed by atoms with Crippen molar-refractivity contribution in [3.8, 4) is 11.3 Å². The summed E-state index contributed by atoms with van der Waals surface area (Å²) in [6.07, 6.45) is 1.74. The summed E-state index contributed by atoms with van der Waals surface area (Å²) in [5.41, 5.74) is 9.51. The molecule has 1 aromatic carbocycles. The zero-order chi connectivity index (χ0) is 10.1. The highest BCUT2D eigenvalue weighted by Crippen LogP contribution is 2.22. The molecular weight excluding hydrogens is 176 g/mol. The van der Waals surface area contributed by atoms with Crippen LogP contribution in [0.2, 0.25) is 0 Å². The molecular formula is C10H12N4. The van der Waals surface area contributed by atoms with Gasteiger partial charge >= 0.3 is 0 Å². The maximum absolute atomic E-state index is 5.72. The van der Waals surface area contributed by atoms with Crippen molar-refractivity contribution in [3.63, 3.8) is 0 Å². The highest BCUT2D eigenvalue weighted by molar-refractivity contribution is 5.66. The first kappa shape index (κ1) is 8.74. The van der Waals surface area contributed by atoms with Gasteiger partial charge in [0.15, 0.2) is 0 Å². The second-order valence-electron chi connectivity index (χ2n) is 3.29. The first-order valence-electron chi connectivity index (χ1n) is 4.39. The van der Waals surface area contributed by atoms with Crippen molar-refractivity contribution in [2.75, 3.05) is 5.73 Å². The van der Waals surface area contributed by atoms with Gasteiger partial charge in [-0.05, 0) is 24.6 Å². The van der Waals surface area contributed by atoms with E-state index in [4.69, 9.17) is 5.73 Å². The third-order valence-corrected chi connectivity index (χ3v) is 2.14. The maximum Gasteiger partial charge on any atom is 0.113 e. The van der Waals surface area contributed by atoms with Crippen LogP contribution in [0.1, 0.15) is 5.56 Å². The van der Waals surface area contributed by atoms with E-state index in [1.165, 1.54) is 4.80 Å². The number of hydrogen-bond donors (Lipinski definition) is 1. The van der Waals surface area contributed by atoms with E-state index in [0.29, 0.717) is 0 Å². The van der Waals surface area contributed by atoms with E-state index in [1.807, 2.05) is 25.1 Å². The van der Waals surface area contributed by atoms with Crippen molar-refractivity contribution in [2.45, 2.75) is 6.92 Å². The SMILES string of the molecule is Cc1ccc(N)cc1-c1cnn(C)n1. The Labute approximate surface area is 82.4 Å². The molecule has 4 heteroatoms. The molecule has 72 valence electrons. The second kappa shape index (κ2) is 3.14. The molecule has 0 bridgehead atoms. The Morgan fingerprint density at radius 1 is 1.36 bits per heavy atom. The summed E-state index contributed by atoms with van der Waals surface area (Å²) in [6, 6.07) is 5.79. The highest BCUT2D eigenvalue weighted by atomic mass is 15.4. The average Bonchev–Trinajstić information content (AvgIpc) is 2.56. The quantitative estimate of drug-likeness (QED) is 0.688. The van der Waals surface area contributed by atoms with Crippen LogP contribution in [-0.2, 0) is 7.05 Å². The van der Waals surface area contributed by atoms with Gasteiger partial charge in [-0.25, -0.2) is 0 Å². The molecule has 4 nitrogen and oxygen atoms in total. The molecule has 2 aromatic rings. The number of rotatable bonds is 1. The van der Waals surface area contributed by atoms with Gasteiger partial charge in [0, 0.05) is 18.3 Å². The van der Waals surface area contributed by atoms with Gasteiger partial charge in [-0.15, -0.1) is 0 Å².